The Morgan fingerprint density at radius 1 is 1.23 bits per heavy atom. The summed E-state index contributed by atoms with van der Waals surface area (Å²) in [6.45, 7) is 2.28. The quantitative estimate of drug-likeness (QED) is 0.847. The third-order valence-electron chi connectivity index (χ3n) is 3.42. The molecule has 0 bridgehead atoms. The van der Waals surface area contributed by atoms with Gasteiger partial charge < -0.3 is 9.64 Å². The van der Waals surface area contributed by atoms with Crippen LogP contribution in [-0.4, -0.2) is 19.6 Å². The van der Waals surface area contributed by atoms with Crippen LogP contribution >= 0.6 is 0 Å². The summed E-state index contributed by atoms with van der Waals surface area (Å²) in [7, 11) is 1.58. The average molecular weight is 294 g/mol. The van der Waals surface area contributed by atoms with E-state index in [1.54, 1.807) is 24.1 Å². The zero-order valence-corrected chi connectivity index (χ0v) is 12.7. The molecule has 0 aliphatic carbocycles. The number of aryl methyl sites for hydroxylation is 1. The number of ether oxygens (including phenoxy) is 1. The van der Waals surface area contributed by atoms with E-state index in [1.165, 1.54) is 0 Å². The van der Waals surface area contributed by atoms with Crippen LogP contribution in [0.25, 0.3) is 0 Å². The maximum Gasteiger partial charge on any atom is 0.258 e. The Balaban J connectivity index is 2.35. The Morgan fingerprint density at radius 2 is 1.95 bits per heavy atom. The topological polar surface area (TPSA) is 53.3 Å². The first-order chi connectivity index (χ1) is 10.7. The molecule has 112 valence electrons. The molecule has 0 spiro atoms. The summed E-state index contributed by atoms with van der Waals surface area (Å²) in [5.41, 5.74) is 2.30. The van der Waals surface area contributed by atoms with Crippen LogP contribution in [0.3, 0.4) is 0 Å². The molecule has 0 heterocycles. The van der Waals surface area contributed by atoms with Crippen LogP contribution in [0.4, 0.5) is 5.69 Å². The molecule has 0 saturated heterocycles. The molecular formula is C18H18N2O2. The summed E-state index contributed by atoms with van der Waals surface area (Å²) in [5, 5.41) is 8.82. The van der Waals surface area contributed by atoms with Gasteiger partial charge in [-0.05, 0) is 36.8 Å². The van der Waals surface area contributed by atoms with Gasteiger partial charge in [-0.3, -0.25) is 4.79 Å². The first kappa shape index (κ1) is 15.6. The van der Waals surface area contributed by atoms with E-state index in [0.29, 0.717) is 17.9 Å². The SMILES string of the molecule is COc1cc(C(=O)N(CCC#N)c2ccccc2)ccc1C. The Bertz CT molecular complexity index is 690. The molecule has 4 nitrogen and oxygen atoms in total. The maximum absolute atomic E-state index is 12.8. The van der Waals surface area contributed by atoms with Crippen LogP contribution < -0.4 is 9.64 Å². The van der Waals surface area contributed by atoms with Crippen molar-refractivity contribution in [2.75, 3.05) is 18.6 Å². The second-order valence-electron chi connectivity index (χ2n) is 4.88. The number of carbonyl (C=O) groups excluding carboxylic acids is 1. The third-order valence-corrected chi connectivity index (χ3v) is 3.42. The number of hydrogen-bond donors (Lipinski definition) is 0. The van der Waals surface area contributed by atoms with Gasteiger partial charge in [-0.2, -0.15) is 5.26 Å². The van der Waals surface area contributed by atoms with Gasteiger partial charge in [-0.1, -0.05) is 24.3 Å². The Hall–Kier alpha value is -2.80. The lowest BCUT2D eigenvalue weighted by Gasteiger charge is -2.22. The average Bonchev–Trinajstić information content (AvgIpc) is 2.56. The van der Waals surface area contributed by atoms with Gasteiger partial charge in [0.25, 0.3) is 5.91 Å². The predicted octanol–water partition coefficient (Wildman–Crippen LogP) is 3.56. The van der Waals surface area contributed by atoms with Gasteiger partial charge in [0, 0.05) is 17.8 Å². The molecule has 0 atom stereocenters. The fraction of sp³-hybridized carbons (Fsp3) is 0.222. The van der Waals surface area contributed by atoms with Gasteiger partial charge >= 0.3 is 0 Å². The van der Waals surface area contributed by atoms with E-state index in [1.807, 2.05) is 43.3 Å². The molecule has 0 aliphatic rings. The molecule has 0 radical (unpaired) electrons. The number of carbonyl (C=O) groups is 1. The van der Waals surface area contributed by atoms with Crippen molar-refractivity contribution in [1.29, 1.82) is 5.26 Å². The van der Waals surface area contributed by atoms with Gasteiger partial charge in [0.1, 0.15) is 5.75 Å². The van der Waals surface area contributed by atoms with Crippen molar-refractivity contribution in [2.45, 2.75) is 13.3 Å². The molecule has 0 unspecified atom stereocenters. The van der Waals surface area contributed by atoms with Crippen LogP contribution in [0.1, 0.15) is 22.3 Å². The molecule has 0 aliphatic heterocycles. The van der Waals surface area contributed by atoms with E-state index in [2.05, 4.69) is 6.07 Å². The number of para-hydroxylation sites is 1. The monoisotopic (exact) mass is 294 g/mol. The summed E-state index contributed by atoms with van der Waals surface area (Å²) in [5.74, 6) is 0.541. The van der Waals surface area contributed by atoms with E-state index >= 15 is 0 Å². The highest BCUT2D eigenvalue weighted by molar-refractivity contribution is 6.06. The zero-order chi connectivity index (χ0) is 15.9. The predicted molar refractivity (Wildman–Crippen MR) is 86.1 cm³/mol. The Labute approximate surface area is 130 Å². The number of benzene rings is 2. The summed E-state index contributed by atoms with van der Waals surface area (Å²) < 4.78 is 5.28. The summed E-state index contributed by atoms with van der Waals surface area (Å²) in [6, 6.07) is 16.8. The minimum atomic E-state index is -0.139. The zero-order valence-electron chi connectivity index (χ0n) is 12.7. The summed E-state index contributed by atoms with van der Waals surface area (Å²) >= 11 is 0. The van der Waals surface area contributed by atoms with Crippen LogP contribution in [0.5, 0.6) is 5.75 Å². The molecule has 0 fully saturated rings. The van der Waals surface area contributed by atoms with Crippen LogP contribution in [0.2, 0.25) is 0 Å². The normalized spacial score (nSPS) is 9.86. The molecule has 2 aromatic rings. The van der Waals surface area contributed by atoms with Gasteiger partial charge in [-0.15, -0.1) is 0 Å². The van der Waals surface area contributed by atoms with Crippen molar-refractivity contribution in [1.82, 2.24) is 0 Å². The lowest BCUT2D eigenvalue weighted by atomic mass is 10.1. The number of nitriles is 1. The highest BCUT2D eigenvalue weighted by atomic mass is 16.5. The largest absolute Gasteiger partial charge is 0.496 e. The number of amides is 1. The highest BCUT2D eigenvalue weighted by Crippen LogP contribution is 2.22. The summed E-state index contributed by atoms with van der Waals surface area (Å²) in [6.07, 6.45) is 0.281. The Kier molecular flexibility index (Phi) is 5.16. The van der Waals surface area contributed by atoms with E-state index in [4.69, 9.17) is 10.00 Å². The molecule has 0 aromatic heterocycles. The molecule has 22 heavy (non-hydrogen) atoms. The second-order valence-corrected chi connectivity index (χ2v) is 4.88. The molecule has 0 N–H and O–H groups in total. The first-order valence-corrected chi connectivity index (χ1v) is 7.06. The minimum Gasteiger partial charge on any atom is -0.496 e. The van der Waals surface area contributed by atoms with E-state index < -0.39 is 0 Å². The second kappa shape index (κ2) is 7.28. The maximum atomic E-state index is 12.8. The van der Waals surface area contributed by atoms with Crippen molar-refractivity contribution < 1.29 is 9.53 Å². The van der Waals surface area contributed by atoms with Crippen LogP contribution in [0.15, 0.2) is 48.5 Å². The smallest absolute Gasteiger partial charge is 0.258 e. The third kappa shape index (κ3) is 3.44. The number of rotatable bonds is 5. The van der Waals surface area contributed by atoms with Crippen molar-refractivity contribution in [2.24, 2.45) is 0 Å². The van der Waals surface area contributed by atoms with Gasteiger partial charge in [0.05, 0.1) is 19.6 Å². The first-order valence-electron chi connectivity index (χ1n) is 7.06. The van der Waals surface area contributed by atoms with Crippen LogP contribution in [-0.2, 0) is 0 Å². The fourth-order valence-corrected chi connectivity index (χ4v) is 2.23. The molecule has 2 aromatic carbocycles. The van der Waals surface area contributed by atoms with Crippen molar-refractivity contribution >= 4 is 11.6 Å². The van der Waals surface area contributed by atoms with Crippen LogP contribution in [0, 0.1) is 18.3 Å². The fourth-order valence-electron chi connectivity index (χ4n) is 2.23. The number of anilines is 1. The number of nitrogens with zero attached hydrogens (tertiary/aromatic N) is 2. The Morgan fingerprint density at radius 3 is 2.59 bits per heavy atom. The van der Waals surface area contributed by atoms with E-state index in [9.17, 15) is 4.79 Å². The minimum absolute atomic E-state index is 0.139. The van der Waals surface area contributed by atoms with Crippen molar-refractivity contribution in [3.05, 3.63) is 59.7 Å². The van der Waals surface area contributed by atoms with Gasteiger partial charge in [0.2, 0.25) is 0 Å². The number of hydrogen-bond acceptors (Lipinski definition) is 3. The molecule has 2 rings (SSSR count). The molecule has 1 amide bonds. The molecule has 0 saturated carbocycles. The van der Waals surface area contributed by atoms with Crippen molar-refractivity contribution in [3.8, 4) is 11.8 Å². The van der Waals surface area contributed by atoms with Gasteiger partial charge in [0.15, 0.2) is 0 Å². The van der Waals surface area contributed by atoms with Crippen molar-refractivity contribution in [3.63, 3.8) is 0 Å². The molecular weight excluding hydrogens is 276 g/mol. The lowest BCUT2D eigenvalue weighted by Crippen LogP contribution is -2.31. The van der Waals surface area contributed by atoms with Gasteiger partial charge in [-0.25, -0.2) is 0 Å². The molecule has 4 heteroatoms. The standard InChI is InChI=1S/C18H18N2O2/c1-14-9-10-15(13-17(14)22-2)18(21)20(12-6-11-19)16-7-4-3-5-8-16/h3-5,7-10,13H,6,12H2,1-2H3. The highest BCUT2D eigenvalue weighted by Gasteiger charge is 2.18. The summed E-state index contributed by atoms with van der Waals surface area (Å²) in [4.78, 5) is 14.4. The van der Waals surface area contributed by atoms with E-state index in [-0.39, 0.29) is 12.3 Å². The number of methoxy groups -OCH3 is 1. The lowest BCUT2D eigenvalue weighted by molar-refractivity contribution is 0.0987. The van der Waals surface area contributed by atoms with E-state index in [0.717, 1.165) is 11.3 Å².